The lowest BCUT2D eigenvalue weighted by Crippen LogP contribution is -2.40. The quantitative estimate of drug-likeness (QED) is 0.612. The van der Waals surface area contributed by atoms with Gasteiger partial charge in [0.2, 0.25) is 5.91 Å². The molecule has 2 unspecified atom stereocenters. The minimum absolute atomic E-state index is 0.0308. The summed E-state index contributed by atoms with van der Waals surface area (Å²) in [6.07, 6.45) is 5.01. The van der Waals surface area contributed by atoms with Crippen LogP contribution in [0.15, 0.2) is 29.4 Å². The Balaban J connectivity index is 1.54. The molecule has 4 rings (SSSR count). The van der Waals surface area contributed by atoms with E-state index >= 15 is 0 Å². The fraction of sp³-hybridized carbons (Fsp3) is 0.625. The zero-order valence-corrected chi connectivity index (χ0v) is 21.5. The van der Waals surface area contributed by atoms with E-state index in [0.29, 0.717) is 12.5 Å². The molecule has 0 radical (unpaired) electrons. The van der Waals surface area contributed by atoms with Gasteiger partial charge in [0.1, 0.15) is 0 Å². The van der Waals surface area contributed by atoms with Crippen molar-refractivity contribution >= 4 is 27.5 Å². The molecule has 0 spiro atoms. The number of benzene rings is 1. The van der Waals surface area contributed by atoms with E-state index in [2.05, 4.69) is 65.1 Å². The Bertz CT molecular complexity index is 1100. The van der Waals surface area contributed by atoms with Crippen molar-refractivity contribution in [1.29, 1.82) is 0 Å². The maximum atomic E-state index is 12.8. The van der Waals surface area contributed by atoms with Gasteiger partial charge in [-0.25, -0.2) is 8.42 Å². The van der Waals surface area contributed by atoms with Gasteiger partial charge < -0.3 is 5.32 Å². The van der Waals surface area contributed by atoms with Gasteiger partial charge in [0.15, 0.2) is 20.8 Å². The smallest absolute Gasteiger partial charge is 0.233 e. The Morgan fingerprint density at radius 3 is 2.36 bits per heavy atom. The lowest BCUT2D eigenvalue weighted by atomic mass is 9.86. The zero-order valence-electron chi connectivity index (χ0n) is 19.9. The average Bonchev–Trinajstić information content (AvgIpc) is 3.47. The number of amides is 1. The summed E-state index contributed by atoms with van der Waals surface area (Å²) in [5, 5.41) is 12.3. The number of aromatic nitrogens is 3. The molecule has 1 aromatic heterocycles. The van der Waals surface area contributed by atoms with Crippen LogP contribution < -0.4 is 5.32 Å². The molecular formula is C24H34N4O3S2. The van der Waals surface area contributed by atoms with Crippen LogP contribution in [0.5, 0.6) is 0 Å². The zero-order chi connectivity index (χ0) is 23.8. The first-order valence-electron chi connectivity index (χ1n) is 11.8. The summed E-state index contributed by atoms with van der Waals surface area (Å²) in [5.41, 5.74) is 2.38. The van der Waals surface area contributed by atoms with Gasteiger partial charge in [-0.05, 0) is 37.2 Å². The summed E-state index contributed by atoms with van der Waals surface area (Å²) in [4.78, 5) is 12.8. The second-order valence-electron chi connectivity index (χ2n) is 10.3. The Labute approximate surface area is 201 Å². The molecule has 180 valence electrons. The van der Waals surface area contributed by atoms with E-state index in [9.17, 15) is 13.2 Å². The largest absolute Gasteiger partial charge is 0.351 e. The molecule has 2 atom stereocenters. The van der Waals surface area contributed by atoms with E-state index in [0.717, 1.165) is 29.4 Å². The second-order valence-corrected chi connectivity index (χ2v) is 13.8. The van der Waals surface area contributed by atoms with Crippen LogP contribution in [0.25, 0.3) is 11.4 Å². The molecule has 1 aliphatic carbocycles. The van der Waals surface area contributed by atoms with Crippen LogP contribution in [0.2, 0.25) is 0 Å². The number of hydrogen-bond donors (Lipinski definition) is 1. The van der Waals surface area contributed by atoms with Gasteiger partial charge in [0, 0.05) is 17.6 Å². The van der Waals surface area contributed by atoms with Crippen LogP contribution in [0.4, 0.5) is 0 Å². The number of sulfone groups is 1. The lowest BCUT2D eigenvalue weighted by Gasteiger charge is -2.21. The number of carbonyl (C=O) groups is 1. The molecule has 0 bridgehead atoms. The topological polar surface area (TPSA) is 93.9 Å². The first-order valence-corrected chi connectivity index (χ1v) is 14.5. The molecule has 7 nitrogen and oxygen atoms in total. The fourth-order valence-electron chi connectivity index (χ4n) is 4.60. The van der Waals surface area contributed by atoms with E-state index < -0.39 is 15.1 Å². The third kappa shape index (κ3) is 5.62. The predicted octanol–water partition coefficient (Wildman–Crippen LogP) is 4.14. The summed E-state index contributed by atoms with van der Waals surface area (Å²) in [6, 6.07) is 8.57. The molecule has 1 saturated heterocycles. The first kappa shape index (κ1) is 24.3. The number of hydrogen-bond acceptors (Lipinski definition) is 6. The van der Waals surface area contributed by atoms with Crippen molar-refractivity contribution < 1.29 is 13.2 Å². The fourth-order valence-corrected chi connectivity index (χ4v) is 7.21. The minimum atomic E-state index is -3.03. The van der Waals surface area contributed by atoms with Crippen LogP contribution >= 0.6 is 11.8 Å². The predicted molar refractivity (Wildman–Crippen MR) is 132 cm³/mol. The number of thioether (sulfide) groups is 1. The average molecular weight is 491 g/mol. The van der Waals surface area contributed by atoms with Crippen molar-refractivity contribution in [2.45, 2.75) is 87.7 Å². The first-order chi connectivity index (χ1) is 15.5. The third-order valence-electron chi connectivity index (χ3n) is 6.59. The van der Waals surface area contributed by atoms with Crippen LogP contribution in [0.3, 0.4) is 0 Å². The molecule has 1 amide bonds. The van der Waals surface area contributed by atoms with E-state index in [-0.39, 0.29) is 28.9 Å². The normalized spacial score (nSPS) is 21.9. The molecule has 2 aliphatic rings. The van der Waals surface area contributed by atoms with Gasteiger partial charge in [0.25, 0.3) is 0 Å². The highest BCUT2D eigenvalue weighted by molar-refractivity contribution is 8.00. The van der Waals surface area contributed by atoms with E-state index in [1.54, 1.807) is 0 Å². The minimum Gasteiger partial charge on any atom is -0.351 e. The molecule has 1 N–H and O–H groups in total. The lowest BCUT2D eigenvalue weighted by molar-refractivity contribution is -0.120. The summed E-state index contributed by atoms with van der Waals surface area (Å²) >= 11 is 1.40. The summed E-state index contributed by atoms with van der Waals surface area (Å²) in [5.74, 6) is 0.870. The van der Waals surface area contributed by atoms with Crippen molar-refractivity contribution in [3.8, 4) is 11.4 Å². The van der Waals surface area contributed by atoms with Crippen molar-refractivity contribution in [2.24, 2.45) is 0 Å². The number of nitrogens with one attached hydrogen (secondary N) is 1. The van der Waals surface area contributed by atoms with Crippen molar-refractivity contribution in [3.63, 3.8) is 0 Å². The molecule has 1 saturated carbocycles. The van der Waals surface area contributed by atoms with Gasteiger partial charge in [-0.15, -0.1) is 10.2 Å². The van der Waals surface area contributed by atoms with Crippen molar-refractivity contribution in [3.05, 3.63) is 29.8 Å². The monoisotopic (exact) mass is 490 g/mol. The van der Waals surface area contributed by atoms with Gasteiger partial charge in [-0.2, -0.15) is 0 Å². The highest BCUT2D eigenvalue weighted by Crippen LogP contribution is 2.38. The van der Waals surface area contributed by atoms with Crippen molar-refractivity contribution in [2.75, 3.05) is 11.5 Å². The third-order valence-corrected chi connectivity index (χ3v) is 9.42. The van der Waals surface area contributed by atoms with Crippen LogP contribution in [0.1, 0.15) is 71.4 Å². The molecule has 9 heteroatoms. The number of nitrogens with zero attached hydrogens (tertiary/aromatic N) is 3. The Morgan fingerprint density at radius 2 is 1.79 bits per heavy atom. The van der Waals surface area contributed by atoms with E-state index in [1.807, 2.05) is 6.92 Å². The van der Waals surface area contributed by atoms with Gasteiger partial charge in [-0.1, -0.05) is 69.6 Å². The molecular weight excluding hydrogens is 456 g/mol. The van der Waals surface area contributed by atoms with Gasteiger partial charge in [0.05, 0.1) is 16.8 Å². The summed E-state index contributed by atoms with van der Waals surface area (Å²) < 4.78 is 25.6. The van der Waals surface area contributed by atoms with Crippen LogP contribution in [-0.4, -0.2) is 51.9 Å². The second kappa shape index (κ2) is 9.41. The summed E-state index contributed by atoms with van der Waals surface area (Å²) in [6.45, 7) is 8.44. The maximum Gasteiger partial charge on any atom is 0.233 e. The maximum absolute atomic E-state index is 12.8. The Kier molecular flexibility index (Phi) is 6.92. The highest BCUT2D eigenvalue weighted by atomic mass is 32.2. The van der Waals surface area contributed by atoms with Crippen LogP contribution in [0, 0.1) is 0 Å². The van der Waals surface area contributed by atoms with Crippen molar-refractivity contribution in [1.82, 2.24) is 20.1 Å². The molecule has 2 fully saturated rings. The SMILES string of the molecule is CC(Sc1nnc(-c2ccc(C(C)(C)C)cc2)n1C1CCCC1)C(=O)NC1CCS(=O)(=O)C1. The molecule has 2 heterocycles. The molecule has 2 aromatic rings. The highest BCUT2D eigenvalue weighted by Gasteiger charge is 2.31. The Hall–Kier alpha value is -1.87. The number of rotatable bonds is 6. The van der Waals surface area contributed by atoms with Gasteiger partial charge in [-0.3, -0.25) is 9.36 Å². The molecule has 1 aromatic carbocycles. The molecule has 33 heavy (non-hydrogen) atoms. The standard InChI is InChI=1S/C24H34N4O3S2/c1-16(22(29)25-19-13-14-33(30,31)15-19)32-23-27-26-21(28(23)20-7-5-6-8-20)17-9-11-18(12-10-17)24(2,3)4/h9-12,16,19-20H,5-8,13-15H2,1-4H3,(H,25,29). The Morgan fingerprint density at radius 1 is 1.12 bits per heavy atom. The van der Waals surface area contributed by atoms with E-state index in [1.165, 1.54) is 30.2 Å². The molecule has 1 aliphatic heterocycles. The van der Waals surface area contributed by atoms with E-state index in [4.69, 9.17) is 0 Å². The summed E-state index contributed by atoms with van der Waals surface area (Å²) in [7, 11) is -3.03. The van der Waals surface area contributed by atoms with Gasteiger partial charge >= 0.3 is 0 Å². The van der Waals surface area contributed by atoms with Crippen LogP contribution in [-0.2, 0) is 20.0 Å². The number of carbonyl (C=O) groups excluding carboxylic acids is 1.